The van der Waals surface area contributed by atoms with E-state index in [2.05, 4.69) is 42.8 Å². The molecule has 0 fully saturated rings. The first-order valence-electron chi connectivity index (χ1n) is 7.02. The summed E-state index contributed by atoms with van der Waals surface area (Å²) in [5.41, 5.74) is 4.02. The second-order valence-electron chi connectivity index (χ2n) is 5.01. The molecule has 22 heavy (non-hydrogen) atoms. The number of nitrogens with one attached hydrogen (secondary N) is 1. The molecule has 0 aliphatic rings. The van der Waals surface area contributed by atoms with Gasteiger partial charge in [0.15, 0.2) is 11.5 Å². The van der Waals surface area contributed by atoms with E-state index in [0.29, 0.717) is 6.54 Å². The van der Waals surface area contributed by atoms with E-state index in [1.54, 1.807) is 6.20 Å². The highest BCUT2D eigenvalue weighted by atomic mass is 79.9. The van der Waals surface area contributed by atoms with Crippen molar-refractivity contribution in [2.75, 3.05) is 5.32 Å². The third kappa shape index (κ3) is 2.23. The molecule has 2 aromatic heterocycles. The van der Waals surface area contributed by atoms with Gasteiger partial charge in [0.1, 0.15) is 0 Å². The molecule has 2 aromatic carbocycles. The van der Waals surface area contributed by atoms with E-state index in [-0.39, 0.29) is 0 Å². The van der Waals surface area contributed by atoms with Gasteiger partial charge in [0, 0.05) is 23.4 Å². The quantitative estimate of drug-likeness (QED) is 0.599. The molecule has 0 saturated carbocycles. The first kappa shape index (κ1) is 13.3. The summed E-state index contributed by atoms with van der Waals surface area (Å²) < 4.78 is 3.15. The van der Waals surface area contributed by atoms with E-state index in [1.807, 2.05) is 42.6 Å². The van der Waals surface area contributed by atoms with Gasteiger partial charge >= 0.3 is 0 Å². The molecule has 4 rings (SSSR count). The largest absolute Gasteiger partial charge is 0.363 e. The number of halogens is 1. The Bertz CT molecular complexity index is 961. The number of aromatic nitrogens is 3. The summed E-state index contributed by atoms with van der Waals surface area (Å²) >= 11 is 3.57. The van der Waals surface area contributed by atoms with Crippen LogP contribution in [-0.4, -0.2) is 14.4 Å². The minimum Gasteiger partial charge on any atom is -0.363 e. The second kappa shape index (κ2) is 5.42. The highest BCUT2D eigenvalue weighted by molar-refractivity contribution is 9.10. The zero-order valence-electron chi connectivity index (χ0n) is 11.7. The van der Waals surface area contributed by atoms with Crippen LogP contribution in [-0.2, 0) is 6.54 Å². The second-order valence-corrected chi connectivity index (χ2v) is 5.87. The monoisotopic (exact) mass is 352 g/mol. The molecule has 0 aliphatic carbocycles. The Hall–Kier alpha value is -2.40. The Balaban J connectivity index is 1.77. The normalized spacial score (nSPS) is 11.1. The molecule has 4 nitrogen and oxygen atoms in total. The zero-order valence-corrected chi connectivity index (χ0v) is 13.3. The smallest absolute Gasteiger partial charge is 0.180 e. The number of imidazole rings is 1. The van der Waals surface area contributed by atoms with E-state index < -0.39 is 0 Å². The van der Waals surface area contributed by atoms with Crippen LogP contribution in [0.5, 0.6) is 0 Å². The summed E-state index contributed by atoms with van der Waals surface area (Å²) in [7, 11) is 0. The fourth-order valence-electron chi connectivity index (χ4n) is 2.55. The average Bonchev–Trinajstić information content (AvgIpc) is 3.04. The lowest BCUT2D eigenvalue weighted by molar-refractivity contribution is 1.09. The Morgan fingerprint density at radius 1 is 1.05 bits per heavy atom. The fourth-order valence-corrected chi connectivity index (χ4v) is 2.97. The summed E-state index contributed by atoms with van der Waals surface area (Å²) in [6.07, 6.45) is 3.76. The van der Waals surface area contributed by atoms with Crippen molar-refractivity contribution in [2.45, 2.75) is 6.54 Å². The van der Waals surface area contributed by atoms with Gasteiger partial charge in [0.25, 0.3) is 0 Å². The molecule has 0 bridgehead atoms. The first-order valence-corrected chi connectivity index (χ1v) is 7.81. The molecule has 0 amide bonds. The minimum absolute atomic E-state index is 0.690. The van der Waals surface area contributed by atoms with Crippen LogP contribution in [0.1, 0.15) is 5.56 Å². The number of hydrogen-bond donors (Lipinski definition) is 1. The molecule has 0 saturated heterocycles. The van der Waals surface area contributed by atoms with Crippen molar-refractivity contribution in [1.82, 2.24) is 14.4 Å². The molecule has 1 N–H and O–H groups in total. The highest BCUT2D eigenvalue weighted by Crippen LogP contribution is 2.22. The van der Waals surface area contributed by atoms with Crippen molar-refractivity contribution in [3.63, 3.8) is 0 Å². The number of hydrogen-bond acceptors (Lipinski definition) is 3. The van der Waals surface area contributed by atoms with E-state index in [0.717, 1.165) is 27.0 Å². The highest BCUT2D eigenvalue weighted by Gasteiger charge is 2.09. The summed E-state index contributed by atoms with van der Waals surface area (Å²) in [5.74, 6) is 0.791. The predicted octanol–water partition coefficient (Wildman–Crippen LogP) is 4.26. The van der Waals surface area contributed by atoms with E-state index in [4.69, 9.17) is 4.98 Å². The third-order valence-corrected chi connectivity index (χ3v) is 4.40. The van der Waals surface area contributed by atoms with E-state index >= 15 is 0 Å². The van der Waals surface area contributed by atoms with Crippen molar-refractivity contribution in [2.24, 2.45) is 0 Å². The van der Waals surface area contributed by atoms with E-state index in [9.17, 15) is 0 Å². The molecule has 2 heterocycles. The molecule has 0 atom stereocenters. The Labute approximate surface area is 136 Å². The number of benzene rings is 2. The van der Waals surface area contributed by atoms with Crippen LogP contribution < -0.4 is 5.32 Å². The lowest BCUT2D eigenvalue weighted by Crippen LogP contribution is -2.05. The average molecular weight is 353 g/mol. The van der Waals surface area contributed by atoms with Gasteiger partial charge in [0.05, 0.1) is 11.0 Å². The maximum absolute atomic E-state index is 4.71. The standard InChI is InChI=1S/C17H13BrN4/c18-13-6-2-1-5-12(13)11-20-16-17-19-9-10-22(17)15-8-4-3-7-14(15)21-16/h1-10H,11H2,(H,20,21). The van der Waals surface area contributed by atoms with Gasteiger partial charge in [-0.05, 0) is 23.8 Å². The summed E-state index contributed by atoms with van der Waals surface area (Å²) in [5, 5.41) is 3.40. The number of nitrogens with zero attached hydrogens (tertiary/aromatic N) is 3. The van der Waals surface area contributed by atoms with Gasteiger partial charge in [0.2, 0.25) is 0 Å². The molecule has 0 spiro atoms. The SMILES string of the molecule is Brc1ccccc1CNc1nc2ccccc2n2ccnc12. The molecule has 5 heteroatoms. The molecule has 4 aromatic rings. The van der Waals surface area contributed by atoms with Crippen molar-refractivity contribution >= 4 is 38.4 Å². The van der Waals surface area contributed by atoms with Crippen molar-refractivity contribution in [3.8, 4) is 0 Å². The molecule has 108 valence electrons. The number of para-hydroxylation sites is 2. The Kier molecular flexibility index (Phi) is 3.27. The van der Waals surface area contributed by atoms with Gasteiger partial charge in [-0.1, -0.05) is 46.3 Å². The van der Waals surface area contributed by atoms with Crippen LogP contribution in [0.25, 0.3) is 16.7 Å². The third-order valence-electron chi connectivity index (χ3n) is 3.63. The number of rotatable bonds is 3. The van der Waals surface area contributed by atoms with Gasteiger partial charge < -0.3 is 5.32 Å². The maximum atomic E-state index is 4.71. The van der Waals surface area contributed by atoms with Gasteiger partial charge in [-0.2, -0.15) is 0 Å². The fraction of sp³-hybridized carbons (Fsp3) is 0.0588. The minimum atomic E-state index is 0.690. The number of anilines is 1. The molecular formula is C17H13BrN4. The molecule has 0 unspecified atom stereocenters. The summed E-state index contributed by atoms with van der Waals surface area (Å²) in [4.78, 5) is 9.14. The van der Waals surface area contributed by atoms with Crippen molar-refractivity contribution in [3.05, 3.63) is 71.0 Å². The van der Waals surface area contributed by atoms with Crippen LogP contribution in [0.3, 0.4) is 0 Å². The van der Waals surface area contributed by atoms with Crippen molar-refractivity contribution in [1.29, 1.82) is 0 Å². The number of fused-ring (bicyclic) bond motifs is 3. The summed E-state index contributed by atoms with van der Waals surface area (Å²) in [6, 6.07) is 16.2. The summed E-state index contributed by atoms with van der Waals surface area (Å²) in [6.45, 7) is 0.690. The van der Waals surface area contributed by atoms with Crippen LogP contribution in [0.4, 0.5) is 5.82 Å². The van der Waals surface area contributed by atoms with Crippen LogP contribution >= 0.6 is 15.9 Å². The first-order chi connectivity index (χ1) is 10.8. The predicted molar refractivity (Wildman–Crippen MR) is 92.0 cm³/mol. The van der Waals surface area contributed by atoms with Crippen molar-refractivity contribution < 1.29 is 0 Å². The maximum Gasteiger partial charge on any atom is 0.180 e. The molecular weight excluding hydrogens is 340 g/mol. The Morgan fingerprint density at radius 3 is 2.77 bits per heavy atom. The van der Waals surface area contributed by atoms with E-state index in [1.165, 1.54) is 5.56 Å². The molecule has 0 radical (unpaired) electrons. The van der Waals surface area contributed by atoms with Crippen LogP contribution in [0.2, 0.25) is 0 Å². The lowest BCUT2D eigenvalue weighted by Gasteiger charge is -2.10. The van der Waals surface area contributed by atoms with Gasteiger partial charge in [-0.15, -0.1) is 0 Å². The molecule has 0 aliphatic heterocycles. The van der Waals surface area contributed by atoms with Crippen LogP contribution in [0, 0.1) is 0 Å². The lowest BCUT2D eigenvalue weighted by atomic mass is 10.2. The Morgan fingerprint density at radius 2 is 1.86 bits per heavy atom. The van der Waals surface area contributed by atoms with Crippen LogP contribution in [0.15, 0.2) is 65.4 Å². The van der Waals surface area contributed by atoms with Gasteiger partial charge in [-0.25, -0.2) is 9.97 Å². The topological polar surface area (TPSA) is 42.2 Å². The zero-order chi connectivity index (χ0) is 14.9. The van der Waals surface area contributed by atoms with Gasteiger partial charge in [-0.3, -0.25) is 4.40 Å².